The summed E-state index contributed by atoms with van der Waals surface area (Å²) in [5.74, 6) is 0. The van der Waals surface area contributed by atoms with Crippen molar-refractivity contribution in [1.29, 1.82) is 0 Å². The van der Waals surface area contributed by atoms with Crippen LogP contribution in [0.15, 0.2) is 30.3 Å². The maximum absolute atomic E-state index is 2.38. The molecule has 4 aromatic carbocycles. The standard InChI is InChI=1S/C21H20/c1-11-6-7-16-8-13(3)18-9-12(2)15(5)19-14(4)10-17(11)20(16)21(18)19/h6-10H,1-5H3. The van der Waals surface area contributed by atoms with Gasteiger partial charge < -0.3 is 0 Å². The van der Waals surface area contributed by atoms with E-state index in [4.69, 9.17) is 0 Å². The summed E-state index contributed by atoms with van der Waals surface area (Å²) in [6.07, 6.45) is 0. The van der Waals surface area contributed by atoms with Gasteiger partial charge in [-0.1, -0.05) is 30.3 Å². The first-order valence-corrected chi connectivity index (χ1v) is 7.64. The van der Waals surface area contributed by atoms with E-state index in [-0.39, 0.29) is 0 Å². The maximum atomic E-state index is 2.38. The lowest BCUT2D eigenvalue weighted by Gasteiger charge is -2.19. The first-order chi connectivity index (χ1) is 9.99. The van der Waals surface area contributed by atoms with Gasteiger partial charge >= 0.3 is 0 Å². The van der Waals surface area contributed by atoms with Crippen molar-refractivity contribution in [2.45, 2.75) is 34.6 Å². The first kappa shape index (κ1) is 12.6. The minimum Gasteiger partial charge on any atom is -0.0581 e. The van der Waals surface area contributed by atoms with Crippen molar-refractivity contribution < 1.29 is 0 Å². The highest BCUT2D eigenvalue weighted by atomic mass is 14.2. The monoisotopic (exact) mass is 272 g/mol. The number of benzene rings is 4. The molecule has 0 radical (unpaired) electrons. The van der Waals surface area contributed by atoms with Gasteiger partial charge in [0, 0.05) is 0 Å². The zero-order valence-corrected chi connectivity index (χ0v) is 13.4. The molecule has 0 heterocycles. The van der Waals surface area contributed by atoms with Crippen LogP contribution in [-0.2, 0) is 0 Å². The van der Waals surface area contributed by atoms with Crippen LogP contribution in [0.25, 0.3) is 32.3 Å². The van der Waals surface area contributed by atoms with Gasteiger partial charge in [0.2, 0.25) is 0 Å². The molecule has 0 saturated heterocycles. The van der Waals surface area contributed by atoms with Gasteiger partial charge in [-0.25, -0.2) is 0 Å². The Morgan fingerprint density at radius 1 is 0.524 bits per heavy atom. The Morgan fingerprint density at radius 2 is 1.19 bits per heavy atom. The third kappa shape index (κ3) is 1.51. The fourth-order valence-electron chi connectivity index (χ4n) is 3.91. The van der Waals surface area contributed by atoms with Gasteiger partial charge in [-0.05, 0) is 94.8 Å². The molecule has 0 aliphatic carbocycles. The Labute approximate surface area is 125 Å². The molecule has 0 saturated carbocycles. The summed E-state index contributed by atoms with van der Waals surface area (Å²) >= 11 is 0. The summed E-state index contributed by atoms with van der Waals surface area (Å²) < 4.78 is 0. The average Bonchev–Trinajstić information content (AvgIpc) is 2.44. The molecule has 21 heavy (non-hydrogen) atoms. The molecule has 104 valence electrons. The summed E-state index contributed by atoms with van der Waals surface area (Å²) in [5.41, 5.74) is 6.97. The van der Waals surface area contributed by atoms with Crippen molar-refractivity contribution in [3.8, 4) is 0 Å². The van der Waals surface area contributed by atoms with Gasteiger partial charge in [-0.3, -0.25) is 0 Å². The molecule has 0 nitrogen and oxygen atoms in total. The van der Waals surface area contributed by atoms with Crippen LogP contribution >= 0.6 is 0 Å². The van der Waals surface area contributed by atoms with Crippen LogP contribution < -0.4 is 0 Å². The number of rotatable bonds is 0. The maximum Gasteiger partial charge on any atom is -0.00185 e. The van der Waals surface area contributed by atoms with E-state index in [1.54, 1.807) is 0 Å². The topological polar surface area (TPSA) is 0 Å². The molecule has 0 atom stereocenters. The van der Waals surface area contributed by atoms with Crippen molar-refractivity contribution in [2.75, 3.05) is 0 Å². The Kier molecular flexibility index (Phi) is 2.39. The highest BCUT2D eigenvalue weighted by Gasteiger charge is 2.15. The quantitative estimate of drug-likeness (QED) is 0.338. The van der Waals surface area contributed by atoms with Gasteiger partial charge in [-0.15, -0.1) is 0 Å². The van der Waals surface area contributed by atoms with Crippen molar-refractivity contribution in [3.05, 3.63) is 58.1 Å². The van der Waals surface area contributed by atoms with E-state index in [1.807, 2.05) is 0 Å². The molecule has 0 heteroatoms. The highest BCUT2D eigenvalue weighted by Crippen LogP contribution is 2.41. The molecule has 0 N–H and O–H groups in total. The van der Waals surface area contributed by atoms with E-state index < -0.39 is 0 Å². The van der Waals surface area contributed by atoms with E-state index in [1.165, 1.54) is 60.1 Å². The lowest BCUT2D eigenvalue weighted by molar-refractivity contribution is 1.37. The Morgan fingerprint density at radius 3 is 1.95 bits per heavy atom. The Balaban J connectivity index is 2.50. The second-order valence-electron chi connectivity index (χ2n) is 6.53. The molecule has 0 fully saturated rings. The highest BCUT2D eigenvalue weighted by molar-refractivity contribution is 6.25. The largest absolute Gasteiger partial charge is 0.0581 e. The summed E-state index contributed by atoms with van der Waals surface area (Å²) in [5, 5.41) is 8.56. The van der Waals surface area contributed by atoms with Gasteiger partial charge in [0.15, 0.2) is 0 Å². The number of aryl methyl sites for hydroxylation is 5. The zero-order chi connectivity index (χ0) is 14.9. The lowest BCUT2D eigenvalue weighted by Crippen LogP contribution is -1.95. The van der Waals surface area contributed by atoms with E-state index in [9.17, 15) is 0 Å². The van der Waals surface area contributed by atoms with Crippen molar-refractivity contribution in [3.63, 3.8) is 0 Å². The van der Waals surface area contributed by atoms with Gasteiger partial charge in [0.05, 0.1) is 0 Å². The predicted molar refractivity (Wildman–Crippen MR) is 93.8 cm³/mol. The number of hydrogen-bond acceptors (Lipinski definition) is 0. The average molecular weight is 272 g/mol. The van der Waals surface area contributed by atoms with Crippen LogP contribution in [0.5, 0.6) is 0 Å². The zero-order valence-electron chi connectivity index (χ0n) is 13.4. The van der Waals surface area contributed by atoms with Crippen LogP contribution in [0.1, 0.15) is 27.8 Å². The van der Waals surface area contributed by atoms with Crippen LogP contribution in [0.3, 0.4) is 0 Å². The van der Waals surface area contributed by atoms with Gasteiger partial charge in [0.25, 0.3) is 0 Å². The van der Waals surface area contributed by atoms with Crippen LogP contribution in [-0.4, -0.2) is 0 Å². The van der Waals surface area contributed by atoms with Crippen LogP contribution in [0.4, 0.5) is 0 Å². The summed E-state index contributed by atoms with van der Waals surface area (Å²) in [6, 6.07) is 11.6. The molecular weight excluding hydrogens is 252 g/mol. The van der Waals surface area contributed by atoms with E-state index in [2.05, 4.69) is 65.0 Å². The van der Waals surface area contributed by atoms with Crippen molar-refractivity contribution in [2.24, 2.45) is 0 Å². The summed E-state index contributed by atoms with van der Waals surface area (Å²) in [7, 11) is 0. The number of hydrogen-bond donors (Lipinski definition) is 0. The predicted octanol–water partition coefficient (Wildman–Crippen LogP) is 6.13. The van der Waals surface area contributed by atoms with Crippen LogP contribution in [0, 0.1) is 34.6 Å². The summed E-state index contributed by atoms with van der Waals surface area (Å²) in [6.45, 7) is 11.2. The normalized spacial score (nSPS) is 12.0. The Hall–Kier alpha value is -2.08. The molecule has 0 aliphatic rings. The summed E-state index contributed by atoms with van der Waals surface area (Å²) in [4.78, 5) is 0. The molecular formula is C21H20. The van der Waals surface area contributed by atoms with E-state index in [0.29, 0.717) is 0 Å². The molecule has 0 bridgehead atoms. The molecule has 0 aliphatic heterocycles. The van der Waals surface area contributed by atoms with Crippen molar-refractivity contribution >= 4 is 32.3 Å². The molecule has 0 unspecified atom stereocenters. The SMILES string of the molecule is Cc1cc2c(C)cc3ccc(C)c4cc(C)c(c1C)c2c34. The Bertz CT molecular complexity index is 1020. The molecule has 0 amide bonds. The van der Waals surface area contributed by atoms with E-state index in [0.717, 1.165) is 0 Å². The van der Waals surface area contributed by atoms with Gasteiger partial charge in [-0.2, -0.15) is 0 Å². The van der Waals surface area contributed by atoms with Crippen LogP contribution in [0.2, 0.25) is 0 Å². The fraction of sp³-hybridized carbons (Fsp3) is 0.238. The van der Waals surface area contributed by atoms with E-state index >= 15 is 0 Å². The molecule has 4 rings (SSSR count). The fourth-order valence-corrected chi connectivity index (χ4v) is 3.91. The first-order valence-electron chi connectivity index (χ1n) is 7.64. The van der Waals surface area contributed by atoms with Crippen molar-refractivity contribution in [1.82, 2.24) is 0 Å². The molecule has 0 aromatic heterocycles. The third-order valence-electron chi connectivity index (χ3n) is 5.14. The molecule has 0 spiro atoms. The van der Waals surface area contributed by atoms with Gasteiger partial charge in [0.1, 0.15) is 0 Å². The minimum absolute atomic E-state index is 1.37. The third-order valence-corrected chi connectivity index (χ3v) is 5.14. The second kappa shape index (κ2) is 3.98. The minimum atomic E-state index is 1.37. The smallest absolute Gasteiger partial charge is 0.00185 e. The second-order valence-corrected chi connectivity index (χ2v) is 6.53. The molecule has 4 aromatic rings. The lowest BCUT2D eigenvalue weighted by atomic mass is 9.85.